The molecule has 0 radical (unpaired) electrons. The number of amides is 1. The number of hydrogen-bond acceptors (Lipinski definition) is 5. The summed E-state index contributed by atoms with van der Waals surface area (Å²) in [6, 6.07) is 11.1. The third-order valence-electron chi connectivity index (χ3n) is 4.78. The Morgan fingerprint density at radius 1 is 0.857 bits per heavy atom. The first-order chi connectivity index (χ1) is 13.5. The molecule has 0 aromatic heterocycles. The van der Waals surface area contributed by atoms with Gasteiger partial charge in [-0.15, -0.1) is 0 Å². The molecule has 2 rings (SSSR count). The van der Waals surface area contributed by atoms with Crippen molar-refractivity contribution in [2.45, 2.75) is 19.8 Å². The van der Waals surface area contributed by atoms with E-state index in [0.717, 1.165) is 5.56 Å². The van der Waals surface area contributed by atoms with Crippen LogP contribution in [0.1, 0.15) is 35.7 Å². The summed E-state index contributed by atoms with van der Waals surface area (Å²) in [5.41, 5.74) is 1.46. The highest BCUT2D eigenvalue weighted by Crippen LogP contribution is 2.33. The van der Waals surface area contributed by atoms with Crippen LogP contribution in [0.4, 0.5) is 0 Å². The largest absolute Gasteiger partial charge is 0.496 e. The van der Waals surface area contributed by atoms with Crippen LogP contribution in [0.3, 0.4) is 0 Å². The lowest BCUT2D eigenvalue weighted by molar-refractivity contribution is 0.0943. The van der Waals surface area contributed by atoms with E-state index in [-0.39, 0.29) is 11.8 Å². The monoisotopic (exact) mass is 387 g/mol. The van der Waals surface area contributed by atoms with Crippen molar-refractivity contribution in [3.8, 4) is 23.0 Å². The number of carbonyl (C=O) groups is 1. The predicted molar refractivity (Wildman–Crippen MR) is 109 cm³/mol. The molecule has 0 saturated carbocycles. The van der Waals surface area contributed by atoms with Gasteiger partial charge in [0.25, 0.3) is 5.91 Å². The summed E-state index contributed by atoms with van der Waals surface area (Å²) in [6.45, 7) is 4.71. The number of rotatable bonds is 9. The predicted octanol–water partition coefficient (Wildman–Crippen LogP) is 3.89. The van der Waals surface area contributed by atoms with Gasteiger partial charge in [0.05, 0.1) is 28.4 Å². The van der Waals surface area contributed by atoms with Crippen LogP contribution in [0.5, 0.6) is 23.0 Å². The molecule has 0 aliphatic heterocycles. The van der Waals surface area contributed by atoms with Crippen molar-refractivity contribution in [3.63, 3.8) is 0 Å². The third kappa shape index (κ3) is 4.68. The van der Waals surface area contributed by atoms with Gasteiger partial charge in [0.15, 0.2) is 11.5 Å². The van der Waals surface area contributed by atoms with Gasteiger partial charge in [-0.2, -0.15) is 0 Å². The van der Waals surface area contributed by atoms with E-state index in [1.165, 1.54) is 14.2 Å². The molecular formula is C22H29NO5. The number of hydrogen-bond donors (Lipinski definition) is 1. The van der Waals surface area contributed by atoms with Gasteiger partial charge in [0.1, 0.15) is 17.1 Å². The molecule has 2 aromatic carbocycles. The molecule has 0 fully saturated rings. The van der Waals surface area contributed by atoms with E-state index in [1.54, 1.807) is 32.4 Å². The Balaban J connectivity index is 2.24. The van der Waals surface area contributed by atoms with E-state index in [1.807, 2.05) is 18.2 Å². The minimum atomic E-state index is -0.236. The summed E-state index contributed by atoms with van der Waals surface area (Å²) in [6.07, 6.45) is 0. The maximum atomic E-state index is 12.9. The molecule has 6 nitrogen and oxygen atoms in total. The van der Waals surface area contributed by atoms with E-state index < -0.39 is 0 Å². The average Bonchev–Trinajstić information content (AvgIpc) is 2.72. The third-order valence-corrected chi connectivity index (χ3v) is 4.78. The van der Waals surface area contributed by atoms with Gasteiger partial charge < -0.3 is 24.3 Å². The van der Waals surface area contributed by atoms with Crippen LogP contribution in [-0.2, 0) is 0 Å². The number of methoxy groups -OCH3 is 4. The minimum absolute atomic E-state index is 0.101. The highest BCUT2D eigenvalue weighted by Gasteiger charge is 2.22. The van der Waals surface area contributed by atoms with Crippen LogP contribution in [-0.4, -0.2) is 40.9 Å². The standard InChI is InChI=1S/C22H29NO5/c1-14(2)16(15-10-11-17(25-3)20(12-15)28-6)13-23-22(24)21-18(26-4)8-7-9-19(21)27-5/h7-12,14,16H,13H2,1-6H3,(H,23,24). The Kier molecular flexibility index (Phi) is 7.55. The molecule has 6 heteroatoms. The van der Waals surface area contributed by atoms with Crippen LogP contribution < -0.4 is 24.3 Å². The second kappa shape index (κ2) is 9.88. The Bertz CT molecular complexity index is 781. The number of ether oxygens (including phenoxy) is 4. The van der Waals surface area contributed by atoms with Crippen molar-refractivity contribution < 1.29 is 23.7 Å². The molecule has 0 saturated heterocycles. The van der Waals surface area contributed by atoms with E-state index >= 15 is 0 Å². The fraction of sp³-hybridized carbons (Fsp3) is 0.409. The zero-order valence-electron chi connectivity index (χ0n) is 17.4. The lowest BCUT2D eigenvalue weighted by Gasteiger charge is -2.23. The normalized spacial score (nSPS) is 11.7. The molecule has 1 amide bonds. The van der Waals surface area contributed by atoms with Crippen molar-refractivity contribution in [3.05, 3.63) is 47.5 Å². The smallest absolute Gasteiger partial charge is 0.258 e. The molecule has 1 N–H and O–H groups in total. The summed E-state index contributed by atoms with van der Waals surface area (Å²) in [5, 5.41) is 3.02. The maximum Gasteiger partial charge on any atom is 0.258 e. The number of nitrogens with one attached hydrogen (secondary N) is 1. The van der Waals surface area contributed by atoms with E-state index in [2.05, 4.69) is 19.2 Å². The molecule has 0 bridgehead atoms. The fourth-order valence-electron chi connectivity index (χ4n) is 3.19. The van der Waals surface area contributed by atoms with Crippen molar-refractivity contribution in [2.75, 3.05) is 35.0 Å². The van der Waals surface area contributed by atoms with Gasteiger partial charge >= 0.3 is 0 Å². The van der Waals surface area contributed by atoms with Crippen LogP contribution in [0.25, 0.3) is 0 Å². The van der Waals surface area contributed by atoms with E-state index in [0.29, 0.717) is 41.0 Å². The fourth-order valence-corrected chi connectivity index (χ4v) is 3.19. The first kappa shape index (κ1) is 21.4. The molecule has 1 unspecified atom stereocenters. The first-order valence-corrected chi connectivity index (χ1v) is 9.17. The lowest BCUT2D eigenvalue weighted by atomic mass is 9.88. The van der Waals surface area contributed by atoms with Crippen molar-refractivity contribution in [1.29, 1.82) is 0 Å². The molecule has 0 heterocycles. The topological polar surface area (TPSA) is 66.0 Å². The highest BCUT2D eigenvalue weighted by molar-refractivity contribution is 5.99. The van der Waals surface area contributed by atoms with Crippen LogP contribution >= 0.6 is 0 Å². The van der Waals surface area contributed by atoms with Crippen LogP contribution in [0.15, 0.2) is 36.4 Å². The lowest BCUT2D eigenvalue weighted by Crippen LogP contribution is -2.31. The number of benzene rings is 2. The van der Waals surface area contributed by atoms with E-state index in [9.17, 15) is 4.79 Å². The Morgan fingerprint density at radius 3 is 1.93 bits per heavy atom. The van der Waals surface area contributed by atoms with Gasteiger partial charge in [0.2, 0.25) is 0 Å². The second-order valence-corrected chi connectivity index (χ2v) is 6.71. The molecule has 2 aromatic rings. The minimum Gasteiger partial charge on any atom is -0.496 e. The van der Waals surface area contributed by atoms with Crippen molar-refractivity contribution >= 4 is 5.91 Å². The summed E-state index contributed by atoms with van der Waals surface area (Å²) >= 11 is 0. The van der Waals surface area contributed by atoms with Gasteiger partial charge in [-0.05, 0) is 35.7 Å². The summed E-state index contributed by atoms with van der Waals surface area (Å²) in [7, 11) is 6.29. The summed E-state index contributed by atoms with van der Waals surface area (Å²) < 4.78 is 21.4. The molecule has 0 spiro atoms. The molecule has 28 heavy (non-hydrogen) atoms. The van der Waals surface area contributed by atoms with Crippen LogP contribution in [0.2, 0.25) is 0 Å². The Morgan fingerprint density at radius 2 is 1.43 bits per heavy atom. The molecular weight excluding hydrogens is 358 g/mol. The maximum absolute atomic E-state index is 12.9. The summed E-state index contributed by atoms with van der Waals surface area (Å²) in [5.74, 6) is 2.47. The second-order valence-electron chi connectivity index (χ2n) is 6.71. The van der Waals surface area contributed by atoms with Gasteiger partial charge in [-0.3, -0.25) is 4.79 Å². The average molecular weight is 387 g/mol. The van der Waals surface area contributed by atoms with E-state index in [4.69, 9.17) is 18.9 Å². The summed E-state index contributed by atoms with van der Waals surface area (Å²) in [4.78, 5) is 12.9. The van der Waals surface area contributed by atoms with Crippen LogP contribution in [0, 0.1) is 5.92 Å². The molecule has 0 aliphatic carbocycles. The molecule has 152 valence electrons. The Labute approximate surface area is 166 Å². The molecule has 0 aliphatic rings. The quantitative estimate of drug-likeness (QED) is 0.707. The SMILES string of the molecule is COc1ccc(C(CNC(=O)c2c(OC)cccc2OC)C(C)C)cc1OC. The Hall–Kier alpha value is -2.89. The van der Waals surface area contributed by atoms with Crippen molar-refractivity contribution in [1.82, 2.24) is 5.32 Å². The molecule has 1 atom stereocenters. The highest BCUT2D eigenvalue weighted by atomic mass is 16.5. The zero-order chi connectivity index (χ0) is 20.7. The van der Waals surface area contributed by atoms with Gasteiger partial charge in [-0.1, -0.05) is 26.0 Å². The van der Waals surface area contributed by atoms with Crippen molar-refractivity contribution in [2.24, 2.45) is 5.92 Å². The zero-order valence-corrected chi connectivity index (χ0v) is 17.4. The first-order valence-electron chi connectivity index (χ1n) is 9.17. The van der Waals surface area contributed by atoms with Gasteiger partial charge in [-0.25, -0.2) is 0 Å². The number of carbonyl (C=O) groups excluding carboxylic acids is 1. The van der Waals surface area contributed by atoms with Gasteiger partial charge in [0, 0.05) is 12.5 Å².